The van der Waals surface area contributed by atoms with E-state index in [1.54, 1.807) is 7.11 Å². The summed E-state index contributed by atoms with van der Waals surface area (Å²) < 4.78 is 10.8. The van der Waals surface area contributed by atoms with Gasteiger partial charge in [-0.25, -0.2) is 0 Å². The van der Waals surface area contributed by atoms with Crippen LogP contribution >= 0.6 is 0 Å². The average Bonchev–Trinajstić information content (AvgIpc) is 3.09. The highest BCUT2D eigenvalue weighted by atomic mass is 16.5. The van der Waals surface area contributed by atoms with Crippen LogP contribution in [-0.4, -0.2) is 23.2 Å². The highest BCUT2D eigenvalue weighted by Crippen LogP contribution is 2.34. The number of methoxy groups -OCH3 is 1. The van der Waals surface area contributed by atoms with E-state index in [0.29, 0.717) is 31.0 Å². The standard InChI is InChI=1S/C20H19N3O3/c1-25-17-9-5-2-6-13(17)10-18-22-20(26-23-18)12-14-11-19(24)21-16-8-4-3-7-15(14)16/h2-9,14H,10-12H2,1H3,(H,21,24). The molecule has 1 atom stereocenters. The van der Waals surface area contributed by atoms with E-state index in [0.717, 1.165) is 22.6 Å². The van der Waals surface area contributed by atoms with Crippen LogP contribution < -0.4 is 10.1 Å². The quantitative estimate of drug-likeness (QED) is 0.764. The molecule has 1 N–H and O–H groups in total. The zero-order chi connectivity index (χ0) is 17.9. The normalized spacial score (nSPS) is 16.0. The van der Waals surface area contributed by atoms with E-state index in [1.165, 1.54) is 0 Å². The summed E-state index contributed by atoms with van der Waals surface area (Å²) in [6, 6.07) is 15.6. The smallest absolute Gasteiger partial charge is 0.227 e. The number of anilines is 1. The first kappa shape index (κ1) is 16.3. The van der Waals surface area contributed by atoms with Gasteiger partial charge in [-0.3, -0.25) is 4.79 Å². The van der Waals surface area contributed by atoms with E-state index in [4.69, 9.17) is 9.26 Å². The fourth-order valence-corrected chi connectivity index (χ4v) is 3.36. The number of benzene rings is 2. The highest BCUT2D eigenvalue weighted by molar-refractivity contribution is 5.94. The summed E-state index contributed by atoms with van der Waals surface area (Å²) in [5.41, 5.74) is 2.98. The molecular weight excluding hydrogens is 330 g/mol. The summed E-state index contributed by atoms with van der Waals surface area (Å²) >= 11 is 0. The van der Waals surface area contributed by atoms with Gasteiger partial charge in [0.2, 0.25) is 11.8 Å². The number of aromatic nitrogens is 2. The number of rotatable bonds is 5. The predicted molar refractivity (Wildman–Crippen MR) is 96.2 cm³/mol. The van der Waals surface area contributed by atoms with Crippen LogP contribution in [0.1, 0.15) is 35.2 Å². The molecule has 1 aliphatic heterocycles. The van der Waals surface area contributed by atoms with Crippen molar-refractivity contribution in [1.29, 1.82) is 0 Å². The Labute approximate surface area is 151 Å². The fraction of sp³-hybridized carbons (Fsp3) is 0.250. The van der Waals surface area contributed by atoms with Crippen LogP contribution in [0.15, 0.2) is 53.1 Å². The van der Waals surface area contributed by atoms with E-state index in [-0.39, 0.29) is 11.8 Å². The Balaban J connectivity index is 1.52. The number of hydrogen-bond donors (Lipinski definition) is 1. The van der Waals surface area contributed by atoms with Crippen LogP contribution in [0.25, 0.3) is 0 Å². The first-order chi connectivity index (χ1) is 12.7. The molecule has 4 rings (SSSR count). The van der Waals surface area contributed by atoms with E-state index < -0.39 is 0 Å². The number of amides is 1. The molecular formula is C20H19N3O3. The Bertz CT molecular complexity index is 935. The Morgan fingerprint density at radius 2 is 2.00 bits per heavy atom. The Morgan fingerprint density at radius 1 is 1.19 bits per heavy atom. The molecule has 1 amide bonds. The molecule has 0 aliphatic carbocycles. The van der Waals surface area contributed by atoms with Gasteiger partial charge in [0.05, 0.1) is 7.11 Å². The second-order valence-electron chi connectivity index (χ2n) is 6.33. The lowest BCUT2D eigenvalue weighted by Gasteiger charge is -2.24. The minimum Gasteiger partial charge on any atom is -0.496 e. The Morgan fingerprint density at radius 3 is 2.88 bits per heavy atom. The molecule has 3 aromatic rings. The Kier molecular flexibility index (Phi) is 4.39. The van der Waals surface area contributed by atoms with Crippen LogP contribution in [0.3, 0.4) is 0 Å². The minimum absolute atomic E-state index is 0.0162. The summed E-state index contributed by atoms with van der Waals surface area (Å²) in [6.07, 6.45) is 1.50. The third-order valence-electron chi connectivity index (χ3n) is 4.58. The molecule has 0 fully saturated rings. The predicted octanol–water partition coefficient (Wildman–Crippen LogP) is 3.34. The topological polar surface area (TPSA) is 77.2 Å². The number of ether oxygens (including phenoxy) is 1. The van der Waals surface area contributed by atoms with Gasteiger partial charge in [-0.1, -0.05) is 41.6 Å². The van der Waals surface area contributed by atoms with E-state index in [9.17, 15) is 4.79 Å². The van der Waals surface area contributed by atoms with E-state index in [1.807, 2.05) is 48.5 Å². The van der Waals surface area contributed by atoms with Crippen molar-refractivity contribution >= 4 is 11.6 Å². The summed E-state index contributed by atoms with van der Waals surface area (Å²) in [5.74, 6) is 2.01. The first-order valence-electron chi connectivity index (χ1n) is 8.55. The fourth-order valence-electron chi connectivity index (χ4n) is 3.36. The maximum Gasteiger partial charge on any atom is 0.227 e. The number of nitrogens with one attached hydrogen (secondary N) is 1. The molecule has 0 spiro atoms. The lowest BCUT2D eigenvalue weighted by atomic mass is 9.88. The second-order valence-corrected chi connectivity index (χ2v) is 6.33. The summed E-state index contributed by atoms with van der Waals surface area (Å²) in [5, 5.41) is 6.99. The van der Waals surface area contributed by atoms with Crippen molar-refractivity contribution in [2.24, 2.45) is 0 Å². The second kappa shape index (κ2) is 7.00. The molecule has 1 aliphatic rings. The summed E-state index contributed by atoms with van der Waals surface area (Å²) in [6.45, 7) is 0. The van der Waals surface area contributed by atoms with Gasteiger partial charge in [-0.15, -0.1) is 0 Å². The lowest BCUT2D eigenvalue weighted by molar-refractivity contribution is -0.116. The number of hydrogen-bond acceptors (Lipinski definition) is 5. The molecule has 2 aromatic carbocycles. The molecule has 6 nitrogen and oxygen atoms in total. The number of para-hydroxylation sites is 2. The monoisotopic (exact) mass is 349 g/mol. The van der Waals surface area contributed by atoms with Gasteiger partial charge in [-0.2, -0.15) is 4.98 Å². The van der Waals surface area contributed by atoms with E-state index >= 15 is 0 Å². The van der Waals surface area contributed by atoms with E-state index in [2.05, 4.69) is 15.5 Å². The first-order valence-corrected chi connectivity index (χ1v) is 8.55. The van der Waals surface area contributed by atoms with Gasteiger partial charge in [0.25, 0.3) is 0 Å². The van der Waals surface area contributed by atoms with Crippen molar-refractivity contribution in [3.63, 3.8) is 0 Å². The lowest BCUT2D eigenvalue weighted by Crippen LogP contribution is -2.24. The molecule has 26 heavy (non-hydrogen) atoms. The molecule has 132 valence electrons. The third kappa shape index (κ3) is 3.31. The summed E-state index contributed by atoms with van der Waals surface area (Å²) in [4.78, 5) is 16.5. The molecule has 0 saturated carbocycles. The number of carbonyl (C=O) groups excluding carboxylic acids is 1. The van der Waals surface area contributed by atoms with Crippen molar-refractivity contribution in [1.82, 2.24) is 10.1 Å². The number of nitrogens with zero attached hydrogens (tertiary/aromatic N) is 2. The number of fused-ring (bicyclic) bond motifs is 1. The van der Waals surface area contributed by atoms with Gasteiger partial charge in [-0.05, 0) is 17.7 Å². The van der Waals surface area contributed by atoms with Gasteiger partial charge in [0.15, 0.2) is 5.82 Å². The van der Waals surface area contributed by atoms with Crippen LogP contribution in [0, 0.1) is 0 Å². The van der Waals surface area contributed by atoms with Crippen molar-refractivity contribution < 1.29 is 14.1 Å². The average molecular weight is 349 g/mol. The Hall–Kier alpha value is -3.15. The van der Waals surface area contributed by atoms with Gasteiger partial charge < -0.3 is 14.6 Å². The molecule has 0 bridgehead atoms. The minimum atomic E-state index is 0.0162. The molecule has 1 unspecified atom stereocenters. The molecule has 1 aromatic heterocycles. The van der Waals surface area contributed by atoms with Crippen molar-refractivity contribution in [2.45, 2.75) is 25.2 Å². The van der Waals surface area contributed by atoms with Gasteiger partial charge in [0.1, 0.15) is 5.75 Å². The largest absolute Gasteiger partial charge is 0.496 e. The van der Waals surface area contributed by atoms with Gasteiger partial charge in [0, 0.05) is 36.4 Å². The molecule has 2 heterocycles. The van der Waals surface area contributed by atoms with Crippen molar-refractivity contribution in [3.05, 3.63) is 71.4 Å². The molecule has 0 radical (unpaired) electrons. The van der Waals surface area contributed by atoms with Crippen LogP contribution in [0.2, 0.25) is 0 Å². The zero-order valence-corrected chi connectivity index (χ0v) is 14.4. The maximum absolute atomic E-state index is 12.0. The maximum atomic E-state index is 12.0. The molecule has 6 heteroatoms. The SMILES string of the molecule is COc1ccccc1Cc1noc(CC2CC(=O)Nc3ccccc32)n1. The zero-order valence-electron chi connectivity index (χ0n) is 14.4. The van der Waals surface area contributed by atoms with Crippen LogP contribution in [0.5, 0.6) is 5.75 Å². The van der Waals surface area contributed by atoms with Crippen molar-refractivity contribution in [3.8, 4) is 5.75 Å². The van der Waals surface area contributed by atoms with Crippen molar-refractivity contribution in [2.75, 3.05) is 12.4 Å². The third-order valence-corrected chi connectivity index (χ3v) is 4.58. The highest BCUT2D eigenvalue weighted by Gasteiger charge is 2.26. The van der Waals surface area contributed by atoms with Crippen LogP contribution in [-0.2, 0) is 17.6 Å². The van der Waals surface area contributed by atoms with Gasteiger partial charge >= 0.3 is 0 Å². The number of carbonyl (C=O) groups is 1. The molecule has 0 saturated heterocycles. The summed E-state index contributed by atoms with van der Waals surface area (Å²) in [7, 11) is 1.64. The van der Waals surface area contributed by atoms with Crippen LogP contribution in [0.4, 0.5) is 5.69 Å².